The monoisotopic (exact) mass is 373 g/mol. The van der Waals surface area contributed by atoms with Crippen LogP contribution in [0.2, 0.25) is 0 Å². The number of carbonyl (C=O) groups excluding carboxylic acids is 1. The maximum Gasteiger partial charge on any atom is 0.305 e. The van der Waals surface area contributed by atoms with Gasteiger partial charge in [0.25, 0.3) is 0 Å². The molecule has 1 rings (SSSR count). The van der Waals surface area contributed by atoms with E-state index in [9.17, 15) is 14.0 Å². The van der Waals surface area contributed by atoms with Crippen LogP contribution in [0.1, 0.15) is 39.2 Å². The van der Waals surface area contributed by atoms with E-state index in [1.807, 2.05) is 13.8 Å². The summed E-state index contributed by atoms with van der Waals surface area (Å²) in [5, 5.41) is 11.8. The van der Waals surface area contributed by atoms with Crippen molar-refractivity contribution in [1.82, 2.24) is 5.32 Å². The third-order valence-electron chi connectivity index (χ3n) is 3.85. The van der Waals surface area contributed by atoms with E-state index in [0.717, 1.165) is 4.47 Å². The predicted molar refractivity (Wildman–Crippen MR) is 86.1 cm³/mol. The summed E-state index contributed by atoms with van der Waals surface area (Å²) >= 11 is 3.32. The second-order valence-electron chi connectivity index (χ2n) is 5.93. The van der Waals surface area contributed by atoms with Crippen LogP contribution in [0.4, 0.5) is 4.39 Å². The van der Waals surface area contributed by atoms with Crippen molar-refractivity contribution in [3.63, 3.8) is 0 Å². The average molecular weight is 374 g/mol. The molecule has 6 heteroatoms. The molecule has 1 amide bonds. The van der Waals surface area contributed by atoms with Crippen molar-refractivity contribution in [3.05, 3.63) is 34.1 Å². The van der Waals surface area contributed by atoms with Gasteiger partial charge in [0, 0.05) is 16.4 Å². The molecular formula is C16H21BrFNO3. The highest BCUT2D eigenvalue weighted by molar-refractivity contribution is 9.10. The summed E-state index contributed by atoms with van der Waals surface area (Å²) in [6, 6.07) is 4.33. The number of nitrogens with one attached hydrogen (secondary N) is 1. The van der Waals surface area contributed by atoms with Gasteiger partial charge in [-0.1, -0.05) is 29.8 Å². The average Bonchev–Trinajstić information content (AvgIpc) is 2.38. The molecule has 0 bridgehead atoms. The highest BCUT2D eigenvalue weighted by atomic mass is 79.9. The maximum absolute atomic E-state index is 13.2. The third kappa shape index (κ3) is 5.40. The number of amides is 1. The van der Waals surface area contributed by atoms with Gasteiger partial charge in [0.15, 0.2) is 0 Å². The minimum absolute atomic E-state index is 0.0199. The Kier molecular flexibility index (Phi) is 6.53. The molecule has 0 aliphatic carbocycles. The van der Waals surface area contributed by atoms with Crippen molar-refractivity contribution < 1.29 is 19.1 Å². The van der Waals surface area contributed by atoms with Crippen molar-refractivity contribution >= 4 is 27.8 Å². The first-order valence-electron chi connectivity index (χ1n) is 7.11. The van der Waals surface area contributed by atoms with Gasteiger partial charge in [-0.25, -0.2) is 4.39 Å². The fraction of sp³-hybridized carbons (Fsp3) is 0.500. The summed E-state index contributed by atoms with van der Waals surface area (Å²) in [4.78, 5) is 23.1. The Hall–Kier alpha value is -1.43. The Morgan fingerprint density at radius 2 is 2.05 bits per heavy atom. The molecule has 0 aliphatic heterocycles. The molecule has 2 N–H and O–H groups in total. The SMILES string of the molecule is CC(C)C(C)(CC(=O)O)NC(=O)CCc1cc(F)ccc1Br. The van der Waals surface area contributed by atoms with Gasteiger partial charge in [-0.2, -0.15) is 0 Å². The van der Waals surface area contributed by atoms with Gasteiger partial charge in [-0.15, -0.1) is 0 Å². The van der Waals surface area contributed by atoms with Crippen molar-refractivity contribution in [2.75, 3.05) is 0 Å². The predicted octanol–water partition coefficient (Wildman–Crippen LogP) is 3.53. The smallest absolute Gasteiger partial charge is 0.305 e. The highest BCUT2D eigenvalue weighted by Gasteiger charge is 2.32. The molecule has 22 heavy (non-hydrogen) atoms. The molecule has 0 aromatic heterocycles. The van der Waals surface area contributed by atoms with Crippen LogP contribution in [-0.4, -0.2) is 22.5 Å². The number of rotatable bonds is 7. The van der Waals surface area contributed by atoms with Gasteiger partial charge in [-0.05, 0) is 43.0 Å². The van der Waals surface area contributed by atoms with E-state index < -0.39 is 11.5 Å². The first-order chi connectivity index (χ1) is 10.1. The van der Waals surface area contributed by atoms with Crippen LogP contribution in [0, 0.1) is 11.7 Å². The second-order valence-corrected chi connectivity index (χ2v) is 6.78. The summed E-state index contributed by atoms with van der Waals surface area (Å²) in [6.07, 6.45) is 0.412. The molecule has 0 fully saturated rings. The zero-order valence-electron chi connectivity index (χ0n) is 13.0. The van der Waals surface area contributed by atoms with Crippen molar-refractivity contribution in [2.45, 2.75) is 45.6 Å². The quantitative estimate of drug-likeness (QED) is 0.768. The fourth-order valence-electron chi connectivity index (χ4n) is 2.07. The number of benzene rings is 1. The molecule has 1 atom stereocenters. The van der Waals surface area contributed by atoms with Crippen LogP contribution in [0.25, 0.3) is 0 Å². The molecule has 1 aromatic rings. The van der Waals surface area contributed by atoms with Gasteiger partial charge >= 0.3 is 5.97 Å². The van der Waals surface area contributed by atoms with Crippen LogP contribution < -0.4 is 5.32 Å². The van der Waals surface area contributed by atoms with E-state index in [2.05, 4.69) is 21.2 Å². The maximum atomic E-state index is 13.2. The molecule has 0 saturated carbocycles. The van der Waals surface area contributed by atoms with E-state index in [1.165, 1.54) is 12.1 Å². The summed E-state index contributed by atoms with van der Waals surface area (Å²) in [7, 11) is 0. The number of halogens is 2. The van der Waals surface area contributed by atoms with Gasteiger partial charge < -0.3 is 10.4 Å². The van der Waals surface area contributed by atoms with Crippen LogP contribution in [0.5, 0.6) is 0 Å². The molecule has 0 heterocycles. The Morgan fingerprint density at radius 3 is 2.59 bits per heavy atom. The minimum atomic E-state index is -0.954. The van der Waals surface area contributed by atoms with E-state index in [1.54, 1.807) is 13.0 Å². The third-order valence-corrected chi connectivity index (χ3v) is 4.62. The first-order valence-corrected chi connectivity index (χ1v) is 7.90. The van der Waals surface area contributed by atoms with E-state index in [-0.39, 0.29) is 30.5 Å². The Morgan fingerprint density at radius 1 is 1.41 bits per heavy atom. The molecule has 0 saturated heterocycles. The van der Waals surface area contributed by atoms with Crippen molar-refractivity contribution in [2.24, 2.45) is 5.92 Å². The first kappa shape index (κ1) is 18.6. The molecular weight excluding hydrogens is 353 g/mol. The molecule has 122 valence electrons. The molecule has 0 aliphatic rings. The number of carbonyl (C=O) groups is 2. The van der Waals surface area contributed by atoms with Gasteiger partial charge in [0.2, 0.25) is 5.91 Å². The van der Waals surface area contributed by atoms with Crippen LogP contribution in [0.3, 0.4) is 0 Å². The highest BCUT2D eigenvalue weighted by Crippen LogP contribution is 2.22. The summed E-state index contributed by atoms with van der Waals surface area (Å²) in [6.45, 7) is 5.46. The molecule has 1 unspecified atom stereocenters. The lowest BCUT2D eigenvalue weighted by atomic mass is 9.85. The van der Waals surface area contributed by atoms with E-state index in [0.29, 0.717) is 12.0 Å². The Bertz CT molecular complexity index is 562. The lowest BCUT2D eigenvalue weighted by Gasteiger charge is -2.33. The topological polar surface area (TPSA) is 66.4 Å². The lowest BCUT2D eigenvalue weighted by molar-refractivity contribution is -0.139. The summed E-state index contributed by atoms with van der Waals surface area (Å²) in [5.41, 5.74) is -0.0955. The molecule has 4 nitrogen and oxygen atoms in total. The van der Waals surface area contributed by atoms with Gasteiger partial charge in [-0.3, -0.25) is 9.59 Å². The van der Waals surface area contributed by atoms with Gasteiger partial charge in [0.05, 0.1) is 6.42 Å². The van der Waals surface area contributed by atoms with E-state index in [4.69, 9.17) is 5.11 Å². The Labute approximate surface area is 138 Å². The number of hydrogen-bond acceptors (Lipinski definition) is 2. The molecule has 0 spiro atoms. The van der Waals surface area contributed by atoms with Gasteiger partial charge in [0.1, 0.15) is 5.82 Å². The van der Waals surface area contributed by atoms with E-state index >= 15 is 0 Å². The zero-order valence-corrected chi connectivity index (χ0v) is 14.5. The largest absolute Gasteiger partial charge is 0.481 e. The number of aliphatic carboxylic acids is 1. The summed E-state index contributed by atoms with van der Waals surface area (Å²) < 4.78 is 14.0. The number of hydrogen-bond donors (Lipinski definition) is 2. The lowest BCUT2D eigenvalue weighted by Crippen LogP contribution is -2.51. The number of aryl methyl sites for hydroxylation is 1. The molecule has 1 aromatic carbocycles. The molecule has 0 radical (unpaired) electrons. The minimum Gasteiger partial charge on any atom is -0.481 e. The van der Waals surface area contributed by atoms with Crippen LogP contribution >= 0.6 is 15.9 Å². The second kappa shape index (κ2) is 7.72. The van der Waals surface area contributed by atoms with Crippen LogP contribution in [-0.2, 0) is 16.0 Å². The fourth-order valence-corrected chi connectivity index (χ4v) is 2.52. The zero-order chi connectivity index (χ0) is 16.9. The van der Waals surface area contributed by atoms with Crippen molar-refractivity contribution in [3.8, 4) is 0 Å². The van der Waals surface area contributed by atoms with Crippen LogP contribution in [0.15, 0.2) is 22.7 Å². The number of carboxylic acids is 1. The Balaban J connectivity index is 2.68. The normalized spacial score (nSPS) is 13.7. The standard InChI is InChI=1S/C16H21BrFNO3/c1-10(2)16(3,9-15(21)22)19-14(20)7-4-11-8-12(18)5-6-13(11)17/h5-6,8,10H,4,7,9H2,1-3H3,(H,19,20)(H,21,22). The number of carboxylic acid groups (broad SMARTS) is 1. The summed E-state index contributed by atoms with van der Waals surface area (Å²) in [5.74, 6) is -1.57. The van der Waals surface area contributed by atoms with Crippen molar-refractivity contribution in [1.29, 1.82) is 0 Å².